The molecule has 0 aliphatic carbocycles. The summed E-state index contributed by atoms with van der Waals surface area (Å²) in [4.78, 5) is 9.33. The lowest BCUT2D eigenvalue weighted by Crippen LogP contribution is -2.00. The average Bonchev–Trinajstić information content (AvgIpc) is 3.10. The second-order valence-electron chi connectivity index (χ2n) is 11.2. The van der Waals surface area contributed by atoms with Crippen LogP contribution < -0.4 is 18.9 Å². The Hall–Kier alpha value is -4.58. The van der Waals surface area contributed by atoms with Crippen molar-refractivity contribution < 1.29 is 18.9 Å². The topological polar surface area (TPSA) is 61.6 Å². The summed E-state index contributed by atoms with van der Waals surface area (Å²) in [6.45, 7) is 5.82. The average molecular weight is 621 g/mol. The summed E-state index contributed by atoms with van der Waals surface area (Å²) in [6.07, 6.45) is 13.1. The molecule has 0 radical (unpaired) electrons. The summed E-state index contributed by atoms with van der Waals surface area (Å²) in [5, 5.41) is 0. The zero-order valence-corrected chi connectivity index (χ0v) is 27.8. The van der Waals surface area contributed by atoms with Crippen LogP contribution in [0.5, 0.6) is 23.0 Å². The summed E-state index contributed by atoms with van der Waals surface area (Å²) in [7, 11) is 3.33. The van der Waals surface area contributed by atoms with Crippen molar-refractivity contribution in [2.45, 2.75) is 65.2 Å². The predicted molar refractivity (Wildman–Crippen MR) is 192 cm³/mol. The molecule has 4 aromatic carbocycles. The molecule has 0 N–H and O–H groups in total. The van der Waals surface area contributed by atoms with Crippen molar-refractivity contribution in [1.82, 2.24) is 0 Å². The molecular weight excluding hydrogens is 572 g/mol. The quantitative estimate of drug-likeness (QED) is 0.0773. The van der Waals surface area contributed by atoms with Gasteiger partial charge in [0.05, 0.1) is 38.8 Å². The van der Waals surface area contributed by atoms with Gasteiger partial charge in [0, 0.05) is 12.4 Å². The minimum absolute atomic E-state index is 0.700. The van der Waals surface area contributed by atoms with Crippen molar-refractivity contribution in [3.05, 3.63) is 96.1 Å². The molecule has 0 unspecified atom stereocenters. The number of benzene rings is 4. The number of nitrogens with zero attached hydrogens (tertiary/aromatic N) is 2. The molecule has 0 heterocycles. The first-order valence-corrected chi connectivity index (χ1v) is 16.5. The number of unbranched alkanes of at least 4 members (excludes halogenated alkanes) is 6. The molecule has 4 aromatic rings. The van der Waals surface area contributed by atoms with Gasteiger partial charge in [-0.3, -0.25) is 9.98 Å². The molecule has 6 nitrogen and oxygen atoms in total. The zero-order chi connectivity index (χ0) is 32.4. The van der Waals surface area contributed by atoms with Crippen LogP contribution in [0.25, 0.3) is 11.1 Å². The van der Waals surface area contributed by atoms with Gasteiger partial charge in [0.1, 0.15) is 0 Å². The summed E-state index contributed by atoms with van der Waals surface area (Å²) in [5.74, 6) is 2.98. The smallest absolute Gasteiger partial charge is 0.161 e. The lowest BCUT2D eigenvalue weighted by Gasteiger charge is -2.11. The monoisotopic (exact) mass is 620 g/mol. The molecule has 4 rings (SSSR count). The number of rotatable bonds is 19. The van der Waals surface area contributed by atoms with Gasteiger partial charge in [0.25, 0.3) is 0 Å². The standard InChI is InChI=1S/C40H48N2O4/c1-5-7-9-11-25-45-37-23-13-31(27-39(37)43-3)29-41-35-19-15-33(16-20-35)34-17-21-36(22-18-34)42-30-32-14-24-38(40(28-32)44-4)46-26-12-10-8-6-2/h13-24,27-30H,5-12,25-26H2,1-4H3. The van der Waals surface area contributed by atoms with E-state index in [0.29, 0.717) is 13.2 Å². The zero-order valence-electron chi connectivity index (χ0n) is 27.8. The molecule has 6 heteroatoms. The second-order valence-corrected chi connectivity index (χ2v) is 11.2. The molecular formula is C40H48N2O4. The Balaban J connectivity index is 1.31. The molecule has 0 aliphatic rings. The fourth-order valence-electron chi connectivity index (χ4n) is 4.97. The number of methoxy groups -OCH3 is 2. The van der Waals surface area contributed by atoms with E-state index < -0.39 is 0 Å². The fourth-order valence-corrected chi connectivity index (χ4v) is 4.97. The van der Waals surface area contributed by atoms with Crippen LogP contribution in [0.15, 0.2) is 94.9 Å². The van der Waals surface area contributed by atoms with E-state index in [1.165, 1.54) is 38.5 Å². The molecule has 0 saturated heterocycles. The molecule has 46 heavy (non-hydrogen) atoms. The molecule has 0 amide bonds. The Labute approximate surface area is 275 Å². The lowest BCUT2D eigenvalue weighted by molar-refractivity contribution is 0.285. The number of hydrogen-bond acceptors (Lipinski definition) is 6. The molecule has 242 valence electrons. The molecule has 0 aliphatic heterocycles. The first-order valence-electron chi connectivity index (χ1n) is 16.5. The van der Waals surface area contributed by atoms with Crippen molar-refractivity contribution in [2.24, 2.45) is 9.98 Å². The highest BCUT2D eigenvalue weighted by Gasteiger charge is 2.07. The second kappa shape index (κ2) is 19.1. The van der Waals surface area contributed by atoms with Crippen molar-refractivity contribution in [1.29, 1.82) is 0 Å². The summed E-state index contributed by atoms with van der Waals surface area (Å²) >= 11 is 0. The van der Waals surface area contributed by atoms with E-state index >= 15 is 0 Å². The SMILES string of the molecule is CCCCCCOc1ccc(C=Nc2ccc(-c3ccc(N=Cc4ccc(OCCCCCC)c(OC)c4)cc3)cc2)cc1OC. The highest BCUT2D eigenvalue weighted by Crippen LogP contribution is 2.30. The van der Waals surface area contributed by atoms with Gasteiger partial charge in [-0.1, -0.05) is 76.6 Å². The molecule has 0 bridgehead atoms. The van der Waals surface area contributed by atoms with Crippen LogP contribution in [0.4, 0.5) is 11.4 Å². The van der Waals surface area contributed by atoms with Crippen molar-refractivity contribution >= 4 is 23.8 Å². The van der Waals surface area contributed by atoms with Crippen LogP contribution in [-0.4, -0.2) is 39.9 Å². The number of hydrogen-bond donors (Lipinski definition) is 0. The van der Waals surface area contributed by atoms with E-state index in [2.05, 4.69) is 48.1 Å². The van der Waals surface area contributed by atoms with Crippen LogP contribution in [0, 0.1) is 0 Å². The van der Waals surface area contributed by atoms with Gasteiger partial charge in [0.15, 0.2) is 23.0 Å². The van der Waals surface area contributed by atoms with Crippen LogP contribution in [-0.2, 0) is 0 Å². The Bertz CT molecular complexity index is 1410. The van der Waals surface area contributed by atoms with E-state index in [1.54, 1.807) is 14.2 Å². The summed E-state index contributed by atoms with van der Waals surface area (Å²) in [5.41, 5.74) is 5.90. The van der Waals surface area contributed by atoms with E-state index in [1.807, 2.05) is 73.1 Å². The van der Waals surface area contributed by atoms with Gasteiger partial charge in [0.2, 0.25) is 0 Å². The third-order valence-corrected chi connectivity index (χ3v) is 7.68. The Morgan fingerprint density at radius 3 is 1.26 bits per heavy atom. The predicted octanol–water partition coefficient (Wildman–Crippen LogP) is 10.8. The first-order chi connectivity index (χ1) is 22.6. The highest BCUT2D eigenvalue weighted by molar-refractivity contribution is 5.84. The fraction of sp³-hybridized carbons (Fsp3) is 0.350. The van der Waals surface area contributed by atoms with E-state index in [-0.39, 0.29) is 0 Å². The molecule has 0 fully saturated rings. The maximum atomic E-state index is 5.93. The van der Waals surface area contributed by atoms with Gasteiger partial charge < -0.3 is 18.9 Å². The maximum Gasteiger partial charge on any atom is 0.161 e. The molecule has 0 spiro atoms. The van der Waals surface area contributed by atoms with Crippen LogP contribution >= 0.6 is 0 Å². The van der Waals surface area contributed by atoms with Crippen molar-refractivity contribution in [3.8, 4) is 34.1 Å². The van der Waals surface area contributed by atoms with Gasteiger partial charge >= 0.3 is 0 Å². The molecule has 0 atom stereocenters. The van der Waals surface area contributed by atoms with Gasteiger partial charge in [-0.05, 0) is 95.8 Å². The Kier molecular flexibility index (Phi) is 14.2. The third kappa shape index (κ3) is 10.8. The van der Waals surface area contributed by atoms with Gasteiger partial charge in [-0.25, -0.2) is 0 Å². The molecule has 0 aromatic heterocycles. The van der Waals surface area contributed by atoms with Crippen LogP contribution in [0.3, 0.4) is 0 Å². The van der Waals surface area contributed by atoms with Crippen LogP contribution in [0.1, 0.15) is 76.3 Å². The highest BCUT2D eigenvalue weighted by atomic mass is 16.5. The maximum absolute atomic E-state index is 5.93. The number of ether oxygens (including phenoxy) is 4. The number of aliphatic imine (C=N–C) groups is 2. The van der Waals surface area contributed by atoms with Crippen LogP contribution in [0.2, 0.25) is 0 Å². The minimum atomic E-state index is 0.700. The van der Waals surface area contributed by atoms with Gasteiger partial charge in [-0.2, -0.15) is 0 Å². The summed E-state index contributed by atoms with van der Waals surface area (Å²) in [6, 6.07) is 28.3. The van der Waals surface area contributed by atoms with Gasteiger partial charge in [-0.15, -0.1) is 0 Å². The minimum Gasteiger partial charge on any atom is -0.493 e. The van der Waals surface area contributed by atoms with E-state index in [0.717, 1.165) is 69.5 Å². The van der Waals surface area contributed by atoms with Crippen molar-refractivity contribution in [3.63, 3.8) is 0 Å². The Morgan fingerprint density at radius 2 is 0.891 bits per heavy atom. The Morgan fingerprint density at radius 1 is 0.478 bits per heavy atom. The third-order valence-electron chi connectivity index (χ3n) is 7.68. The lowest BCUT2D eigenvalue weighted by atomic mass is 10.1. The molecule has 0 saturated carbocycles. The van der Waals surface area contributed by atoms with Crippen molar-refractivity contribution in [2.75, 3.05) is 27.4 Å². The first kappa shape index (κ1) is 34.3. The van der Waals surface area contributed by atoms with E-state index in [9.17, 15) is 0 Å². The largest absolute Gasteiger partial charge is 0.493 e. The normalized spacial score (nSPS) is 11.3. The van der Waals surface area contributed by atoms with E-state index in [4.69, 9.17) is 18.9 Å². The summed E-state index contributed by atoms with van der Waals surface area (Å²) < 4.78 is 23.0.